The van der Waals surface area contributed by atoms with Crippen LogP contribution in [0.15, 0.2) is 24.3 Å². The van der Waals surface area contributed by atoms with Crippen LogP contribution in [-0.2, 0) is 16.1 Å². The van der Waals surface area contributed by atoms with Gasteiger partial charge in [0.25, 0.3) is 0 Å². The predicted octanol–water partition coefficient (Wildman–Crippen LogP) is 1.33. The van der Waals surface area contributed by atoms with E-state index in [0.29, 0.717) is 19.7 Å². The molecule has 0 aliphatic heterocycles. The second kappa shape index (κ2) is 9.34. The van der Waals surface area contributed by atoms with Crippen LogP contribution in [0, 0.1) is 0 Å². The summed E-state index contributed by atoms with van der Waals surface area (Å²) < 4.78 is 10.6. The molecule has 0 bridgehead atoms. The van der Waals surface area contributed by atoms with Crippen molar-refractivity contribution in [1.82, 2.24) is 10.6 Å². The monoisotopic (exact) mass is 280 g/mol. The fourth-order valence-corrected chi connectivity index (χ4v) is 1.68. The molecule has 0 atom stereocenters. The molecule has 0 radical (unpaired) electrons. The van der Waals surface area contributed by atoms with Crippen molar-refractivity contribution in [2.45, 2.75) is 26.5 Å². The fraction of sp³-hybridized carbons (Fsp3) is 0.533. The van der Waals surface area contributed by atoms with Gasteiger partial charge in [-0.1, -0.05) is 18.2 Å². The molecule has 20 heavy (non-hydrogen) atoms. The smallest absolute Gasteiger partial charge is 0.234 e. The maximum atomic E-state index is 11.5. The van der Waals surface area contributed by atoms with E-state index in [2.05, 4.69) is 10.6 Å². The molecule has 0 aromatic heterocycles. The van der Waals surface area contributed by atoms with E-state index in [1.807, 2.05) is 38.1 Å². The lowest BCUT2D eigenvalue weighted by atomic mass is 10.2. The van der Waals surface area contributed by atoms with Crippen LogP contribution in [0.25, 0.3) is 0 Å². The van der Waals surface area contributed by atoms with Crippen molar-refractivity contribution in [3.63, 3.8) is 0 Å². The van der Waals surface area contributed by atoms with Gasteiger partial charge in [-0.3, -0.25) is 4.79 Å². The van der Waals surface area contributed by atoms with Gasteiger partial charge in [0.05, 0.1) is 19.3 Å². The van der Waals surface area contributed by atoms with Gasteiger partial charge >= 0.3 is 0 Å². The number of para-hydroxylation sites is 1. The van der Waals surface area contributed by atoms with Crippen LogP contribution in [0.5, 0.6) is 5.75 Å². The zero-order valence-corrected chi connectivity index (χ0v) is 12.4. The summed E-state index contributed by atoms with van der Waals surface area (Å²) in [6.45, 7) is 5.92. The normalized spacial score (nSPS) is 10.6. The molecular weight excluding hydrogens is 256 g/mol. The Morgan fingerprint density at radius 1 is 1.30 bits per heavy atom. The Morgan fingerprint density at radius 3 is 2.75 bits per heavy atom. The highest BCUT2D eigenvalue weighted by Crippen LogP contribution is 2.18. The van der Waals surface area contributed by atoms with Crippen LogP contribution >= 0.6 is 0 Å². The van der Waals surface area contributed by atoms with Gasteiger partial charge in [0.15, 0.2) is 0 Å². The molecule has 0 spiro atoms. The lowest BCUT2D eigenvalue weighted by Gasteiger charge is -2.14. The first-order valence-electron chi connectivity index (χ1n) is 6.84. The summed E-state index contributed by atoms with van der Waals surface area (Å²) in [6, 6.07) is 7.84. The number of carbonyl (C=O) groups is 1. The Morgan fingerprint density at radius 2 is 2.05 bits per heavy atom. The van der Waals surface area contributed by atoms with Gasteiger partial charge in [-0.2, -0.15) is 0 Å². The third-order valence-corrected chi connectivity index (χ3v) is 2.56. The van der Waals surface area contributed by atoms with E-state index in [-0.39, 0.29) is 18.6 Å². The molecule has 2 N–H and O–H groups in total. The number of methoxy groups -OCH3 is 1. The molecule has 1 aromatic carbocycles. The van der Waals surface area contributed by atoms with E-state index >= 15 is 0 Å². The number of rotatable bonds is 9. The second-order valence-corrected chi connectivity index (χ2v) is 4.72. The van der Waals surface area contributed by atoms with Crippen LogP contribution < -0.4 is 15.4 Å². The molecule has 0 aliphatic carbocycles. The van der Waals surface area contributed by atoms with Gasteiger partial charge in [0, 0.05) is 25.8 Å². The fourth-order valence-electron chi connectivity index (χ4n) is 1.68. The summed E-state index contributed by atoms with van der Waals surface area (Å²) in [7, 11) is 1.61. The number of amides is 1. The standard InChI is InChI=1S/C15H24N2O3/c1-12(2)20-14-7-5-4-6-13(14)10-16-11-15(18)17-8-9-19-3/h4-7,12,16H,8-11H2,1-3H3,(H,17,18). The molecule has 0 saturated heterocycles. The van der Waals surface area contributed by atoms with Crippen LogP contribution in [0.4, 0.5) is 0 Å². The van der Waals surface area contributed by atoms with Crippen molar-refractivity contribution in [2.24, 2.45) is 0 Å². The first-order valence-corrected chi connectivity index (χ1v) is 6.84. The number of hydrogen-bond acceptors (Lipinski definition) is 4. The molecule has 1 amide bonds. The van der Waals surface area contributed by atoms with E-state index in [1.165, 1.54) is 0 Å². The lowest BCUT2D eigenvalue weighted by molar-refractivity contribution is -0.120. The van der Waals surface area contributed by atoms with Gasteiger partial charge < -0.3 is 20.1 Å². The van der Waals surface area contributed by atoms with E-state index in [0.717, 1.165) is 11.3 Å². The van der Waals surface area contributed by atoms with Crippen molar-refractivity contribution in [3.05, 3.63) is 29.8 Å². The second-order valence-electron chi connectivity index (χ2n) is 4.72. The summed E-state index contributed by atoms with van der Waals surface area (Å²) in [5, 5.41) is 5.87. The largest absolute Gasteiger partial charge is 0.491 e. The summed E-state index contributed by atoms with van der Waals surface area (Å²) in [6.07, 6.45) is 0.133. The van der Waals surface area contributed by atoms with Crippen molar-refractivity contribution in [3.8, 4) is 5.75 Å². The number of carbonyl (C=O) groups excluding carboxylic acids is 1. The Kier molecular flexibility index (Phi) is 7.69. The van der Waals surface area contributed by atoms with Gasteiger partial charge in [0.2, 0.25) is 5.91 Å². The van der Waals surface area contributed by atoms with E-state index < -0.39 is 0 Å². The minimum absolute atomic E-state index is 0.0377. The number of hydrogen-bond donors (Lipinski definition) is 2. The number of ether oxygens (including phenoxy) is 2. The van der Waals surface area contributed by atoms with Gasteiger partial charge in [-0.25, -0.2) is 0 Å². The average Bonchev–Trinajstić information content (AvgIpc) is 2.40. The van der Waals surface area contributed by atoms with Crippen molar-refractivity contribution < 1.29 is 14.3 Å². The topological polar surface area (TPSA) is 59.6 Å². The van der Waals surface area contributed by atoms with Crippen LogP contribution in [0.3, 0.4) is 0 Å². The summed E-state index contributed by atoms with van der Waals surface area (Å²) in [4.78, 5) is 11.5. The third kappa shape index (κ3) is 6.54. The molecule has 112 valence electrons. The quantitative estimate of drug-likeness (QED) is 0.670. The van der Waals surface area contributed by atoms with Crippen molar-refractivity contribution in [1.29, 1.82) is 0 Å². The Labute approximate surface area is 120 Å². The molecule has 0 unspecified atom stereocenters. The molecule has 0 saturated carbocycles. The van der Waals surface area contributed by atoms with Gasteiger partial charge in [0.1, 0.15) is 5.75 Å². The van der Waals surface area contributed by atoms with E-state index in [4.69, 9.17) is 9.47 Å². The first-order chi connectivity index (χ1) is 9.63. The highest BCUT2D eigenvalue weighted by atomic mass is 16.5. The Balaban J connectivity index is 2.36. The van der Waals surface area contributed by atoms with E-state index in [1.54, 1.807) is 7.11 Å². The molecular formula is C15H24N2O3. The minimum Gasteiger partial charge on any atom is -0.491 e. The highest BCUT2D eigenvalue weighted by Gasteiger charge is 2.05. The van der Waals surface area contributed by atoms with Gasteiger partial charge in [-0.05, 0) is 19.9 Å². The van der Waals surface area contributed by atoms with Crippen molar-refractivity contribution in [2.75, 3.05) is 26.8 Å². The SMILES string of the molecule is COCCNC(=O)CNCc1ccccc1OC(C)C. The zero-order valence-electron chi connectivity index (χ0n) is 12.4. The summed E-state index contributed by atoms with van der Waals surface area (Å²) >= 11 is 0. The van der Waals surface area contributed by atoms with Crippen LogP contribution in [0.2, 0.25) is 0 Å². The molecule has 0 heterocycles. The van der Waals surface area contributed by atoms with Gasteiger partial charge in [-0.15, -0.1) is 0 Å². The van der Waals surface area contributed by atoms with Crippen LogP contribution in [0.1, 0.15) is 19.4 Å². The third-order valence-electron chi connectivity index (χ3n) is 2.56. The summed E-state index contributed by atoms with van der Waals surface area (Å²) in [5.41, 5.74) is 1.05. The molecule has 5 heteroatoms. The molecule has 1 rings (SSSR count). The Bertz CT molecular complexity index is 408. The predicted molar refractivity (Wildman–Crippen MR) is 78.8 cm³/mol. The molecule has 0 fully saturated rings. The maximum Gasteiger partial charge on any atom is 0.234 e. The molecule has 1 aromatic rings. The number of nitrogens with one attached hydrogen (secondary N) is 2. The average molecular weight is 280 g/mol. The molecule has 5 nitrogen and oxygen atoms in total. The summed E-state index contributed by atoms with van der Waals surface area (Å²) in [5.74, 6) is 0.819. The first kappa shape index (κ1) is 16.5. The zero-order chi connectivity index (χ0) is 14.8. The minimum atomic E-state index is -0.0377. The lowest BCUT2D eigenvalue weighted by Crippen LogP contribution is -2.35. The van der Waals surface area contributed by atoms with E-state index in [9.17, 15) is 4.79 Å². The van der Waals surface area contributed by atoms with Crippen molar-refractivity contribution >= 4 is 5.91 Å². The highest BCUT2D eigenvalue weighted by molar-refractivity contribution is 5.77. The number of benzene rings is 1. The van der Waals surface area contributed by atoms with Crippen LogP contribution in [-0.4, -0.2) is 38.8 Å². The molecule has 0 aliphatic rings. The maximum absolute atomic E-state index is 11.5. The Hall–Kier alpha value is -1.59.